The fourth-order valence-corrected chi connectivity index (χ4v) is 1.67. The third-order valence-electron chi connectivity index (χ3n) is 2.34. The van der Waals surface area contributed by atoms with E-state index in [1.54, 1.807) is 13.8 Å². The third kappa shape index (κ3) is 1.61. The lowest BCUT2D eigenvalue weighted by molar-refractivity contribution is -0.0201. The van der Waals surface area contributed by atoms with Crippen molar-refractivity contribution in [1.29, 1.82) is 0 Å². The second-order valence-corrected chi connectivity index (χ2v) is 3.95. The van der Waals surface area contributed by atoms with Gasteiger partial charge in [0.25, 0.3) is 0 Å². The molecule has 1 aliphatic rings. The lowest BCUT2D eigenvalue weighted by Gasteiger charge is -2.26. The van der Waals surface area contributed by atoms with Gasteiger partial charge in [-0.25, -0.2) is 0 Å². The van der Waals surface area contributed by atoms with E-state index in [0.29, 0.717) is 13.4 Å². The zero-order valence-electron chi connectivity index (χ0n) is 8.41. The van der Waals surface area contributed by atoms with E-state index in [-0.39, 0.29) is 0 Å². The summed E-state index contributed by atoms with van der Waals surface area (Å²) in [6.07, 6.45) is 0. The number of aliphatic hydroxyl groups is 1. The Morgan fingerprint density at radius 1 is 1.36 bits per heavy atom. The highest BCUT2D eigenvalue weighted by Gasteiger charge is 2.24. The Kier molecular flexibility index (Phi) is 2.21. The van der Waals surface area contributed by atoms with Crippen LogP contribution < -0.4 is 4.74 Å². The van der Waals surface area contributed by atoms with Gasteiger partial charge in [-0.3, -0.25) is 0 Å². The molecule has 1 N–H and O–H groups in total. The van der Waals surface area contributed by atoms with Crippen LogP contribution in [-0.2, 0) is 16.9 Å². The highest BCUT2D eigenvalue weighted by molar-refractivity contribution is 5.42. The molecule has 0 amide bonds. The van der Waals surface area contributed by atoms with Crippen LogP contribution >= 0.6 is 0 Å². The fourth-order valence-electron chi connectivity index (χ4n) is 1.67. The van der Waals surface area contributed by atoms with E-state index >= 15 is 0 Å². The van der Waals surface area contributed by atoms with Gasteiger partial charge in [0, 0.05) is 5.56 Å². The molecule has 0 spiro atoms. The highest BCUT2D eigenvalue weighted by Crippen LogP contribution is 2.32. The topological polar surface area (TPSA) is 38.7 Å². The molecule has 0 aromatic heterocycles. The number of ether oxygens (including phenoxy) is 2. The maximum Gasteiger partial charge on any atom is 0.189 e. The summed E-state index contributed by atoms with van der Waals surface area (Å²) in [5.41, 5.74) is 0.969. The van der Waals surface area contributed by atoms with Crippen LogP contribution in [-0.4, -0.2) is 11.9 Å². The maximum atomic E-state index is 9.93. The van der Waals surface area contributed by atoms with Gasteiger partial charge in [0.15, 0.2) is 6.79 Å². The van der Waals surface area contributed by atoms with Crippen LogP contribution in [0.1, 0.15) is 25.0 Å². The molecule has 3 nitrogen and oxygen atoms in total. The van der Waals surface area contributed by atoms with Gasteiger partial charge in [-0.15, -0.1) is 0 Å². The van der Waals surface area contributed by atoms with Crippen molar-refractivity contribution in [1.82, 2.24) is 0 Å². The molecular weight excluding hydrogens is 180 g/mol. The standard InChI is InChI=1S/C11H14O3/c1-11(2,12)9-4-3-5-10-8(9)6-13-7-14-10/h3-5,12H,6-7H2,1-2H3. The summed E-state index contributed by atoms with van der Waals surface area (Å²) >= 11 is 0. The molecule has 0 aliphatic carbocycles. The first-order chi connectivity index (χ1) is 6.59. The van der Waals surface area contributed by atoms with Crippen LogP contribution in [0.3, 0.4) is 0 Å². The number of hydrogen-bond acceptors (Lipinski definition) is 3. The van der Waals surface area contributed by atoms with Crippen molar-refractivity contribution in [2.24, 2.45) is 0 Å². The van der Waals surface area contributed by atoms with Crippen LogP contribution in [0.15, 0.2) is 18.2 Å². The van der Waals surface area contributed by atoms with Crippen LogP contribution in [0.2, 0.25) is 0 Å². The average molecular weight is 194 g/mol. The van der Waals surface area contributed by atoms with E-state index < -0.39 is 5.60 Å². The van der Waals surface area contributed by atoms with Crippen LogP contribution in [0, 0.1) is 0 Å². The molecule has 1 aliphatic heterocycles. The maximum absolute atomic E-state index is 9.93. The molecule has 0 atom stereocenters. The normalized spacial score (nSPS) is 15.9. The van der Waals surface area contributed by atoms with Crippen molar-refractivity contribution >= 4 is 0 Å². The molecule has 0 fully saturated rings. The van der Waals surface area contributed by atoms with Crippen molar-refractivity contribution in [2.75, 3.05) is 6.79 Å². The van der Waals surface area contributed by atoms with Gasteiger partial charge in [-0.2, -0.15) is 0 Å². The minimum absolute atomic E-state index is 0.294. The van der Waals surface area contributed by atoms with Gasteiger partial charge in [0.1, 0.15) is 5.75 Å². The van der Waals surface area contributed by atoms with E-state index in [2.05, 4.69) is 0 Å². The summed E-state index contributed by atoms with van der Waals surface area (Å²) in [4.78, 5) is 0. The zero-order valence-corrected chi connectivity index (χ0v) is 8.41. The molecule has 1 aromatic rings. The first kappa shape index (κ1) is 9.49. The molecule has 0 radical (unpaired) electrons. The van der Waals surface area contributed by atoms with Crippen molar-refractivity contribution < 1.29 is 14.6 Å². The summed E-state index contributed by atoms with van der Waals surface area (Å²) in [5, 5.41) is 9.93. The lowest BCUT2D eigenvalue weighted by Crippen LogP contribution is -2.21. The Bertz CT molecular complexity index is 339. The molecule has 76 valence electrons. The molecule has 0 bridgehead atoms. The van der Waals surface area contributed by atoms with Gasteiger partial charge in [0.05, 0.1) is 12.2 Å². The van der Waals surface area contributed by atoms with Gasteiger partial charge in [-0.05, 0) is 25.5 Å². The number of rotatable bonds is 1. The minimum atomic E-state index is -0.852. The van der Waals surface area contributed by atoms with Gasteiger partial charge in [-0.1, -0.05) is 12.1 Å². The largest absolute Gasteiger partial charge is 0.467 e. The van der Waals surface area contributed by atoms with Gasteiger partial charge < -0.3 is 14.6 Å². The SMILES string of the molecule is CC(C)(O)c1cccc2c1COCO2. The molecular formula is C11H14O3. The van der Waals surface area contributed by atoms with E-state index in [4.69, 9.17) is 9.47 Å². The smallest absolute Gasteiger partial charge is 0.189 e. The summed E-state index contributed by atoms with van der Waals surface area (Å²) < 4.78 is 10.5. The molecule has 3 heteroatoms. The van der Waals surface area contributed by atoms with Crippen molar-refractivity contribution in [3.05, 3.63) is 29.3 Å². The molecule has 2 rings (SSSR count). The Balaban J connectivity index is 2.51. The van der Waals surface area contributed by atoms with Crippen molar-refractivity contribution in [2.45, 2.75) is 26.1 Å². The van der Waals surface area contributed by atoms with Gasteiger partial charge >= 0.3 is 0 Å². The first-order valence-electron chi connectivity index (χ1n) is 4.64. The molecule has 14 heavy (non-hydrogen) atoms. The number of fused-ring (bicyclic) bond motifs is 1. The van der Waals surface area contributed by atoms with Crippen molar-refractivity contribution in [3.63, 3.8) is 0 Å². The summed E-state index contributed by atoms with van der Waals surface area (Å²) in [6.45, 7) is 4.33. The minimum Gasteiger partial charge on any atom is -0.467 e. The summed E-state index contributed by atoms with van der Waals surface area (Å²) in [6, 6.07) is 5.68. The average Bonchev–Trinajstić information content (AvgIpc) is 2.15. The predicted octanol–water partition coefficient (Wildman–Crippen LogP) is 1.78. The summed E-state index contributed by atoms with van der Waals surface area (Å²) in [7, 11) is 0. The molecule has 0 saturated carbocycles. The van der Waals surface area contributed by atoms with E-state index in [1.165, 1.54) is 0 Å². The Labute approximate surface area is 83.3 Å². The number of hydrogen-bond donors (Lipinski definition) is 1. The fraction of sp³-hybridized carbons (Fsp3) is 0.455. The second-order valence-electron chi connectivity index (χ2n) is 3.95. The Hall–Kier alpha value is -1.06. The molecule has 0 saturated heterocycles. The van der Waals surface area contributed by atoms with Crippen LogP contribution in [0.25, 0.3) is 0 Å². The molecule has 0 unspecified atom stereocenters. The van der Waals surface area contributed by atoms with Gasteiger partial charge in [0.2, 0.25) is 0 Å². The quantitative estimate of drug-likeness (QED) is 0.740. The predicted molar refractivity (Wildman–Crippen MR) is 52.0 cm³/mol. The Morgan fingerprint density at radius 3 is 2.86 bits per heavy atom. The van der Waals surface area contributed by atoms with Crippen LogP contribution in [0.5, 0.6) is 5.75 Å². The second kappa shape index (κ2) is 3.26. The summed E-state index contributed by atoms with van der Waals surface area (Å²) in [5.74, 6) is 0.816. The van der Waals surface area contributed by atoms with Crippen LogP contribution in [0.4, 0.5) is 0 Å². The van der Waals surface area contributed by atoms with E-state index in [1.807, 2.05) is 18.2 Å². The van der Waals surface area contributed by atoms with Crippen molar-refractivity contribution in [3.8, 4) is 5.75 Å². The lowest BCUT2D eigenvalue weighted by atomic mass is 9.93. The monoisotopic (exact) mass is 194 g/mol. The number of benzene rings is 1. The molecule has 1 aromatic carbocycles. The van der Waals surface area contributed by atoms with E-state index in [9.17, 15) is 5.11 Å². The van der Waals surface area contributed by atoms with E-state index in [0.717, 1.165) is 16.9 Å². The highest BCUT2D eigenvalue weighted by atomic mass is 16.7. The zero-order chi connectivity index (χ0) is 10.2. The molecule has 1 heterocycles. The Morgan fingerprint density at radius 2 is 2.14 bits per heavy atom. The third-order valence-corrected chi connectivity index (χ3v) is 2.34. The first-order valence-corrected chi connectivity index (χ1v) is 4.64.